The third-order valence-electron chi connectivity index (χ3n) is 3.35. The summed E-state index contributed by atoms with van der Waals surface area (Å²) < 4.78 is 3.30. The van der Waals surface area contributed by atoms with Crippen LogP contribution in [0.4, 0.5) is 0 Å². The molecular weight excluding hydrogens is 293 g/mol. The molecule has 0 aromatic heterocycles. The monoisotopic (exact) mass is 316 g/mol. The van der Waals surface area contributed by atoms with Crippen molar-refractivity contribution in [1.29, 1.82) is 0 Å². The Hall–Kier alpha value is -0.417. The Morgan fingerprint density at radius 3 is 1.76 bits per heavy atom. The van der Waals surface area contributed by atoms with Gasteiger partial charge in [0.25, 0.3) is 0 Å². The van der Waals surface area contributed by atoms with Gasteiger partial charge in [-0.15, -0.1) is 0 Å². The average molecular weight is 315 g/mol. The summed E-state index contributed by atoms with van der Waals surface area (Å²) >= 11 is 0.251. The normalized spacial score (nSPS) is 22.0. The average Bonchev–Trinajstić information content (AvgIpc) is 2.63. The summed E-state index contributed by atoms with van der Waals surface area (Å²) in [7, 11) is 0. The molecule has 2 aliphatic carbocycles. The molecule has 0 saturated carbocycles. The van der Waals surface area contributed by atoms with Gasteiger partial charge in [-0.25, -0.2) is 0 Å². The number of allylic oxidation sites excluding steroid dienone is 8. The van der Waals surface area contributed by atoms with Crippen molar-refractivity contribution in [1.82, 2.24) is 0 Å². The van der Waals surface area contributed by atoms with Crippen LogP contribution in [-0.4, -0.2) is 0 Å². The van der Waals surface area contributed by atoms with E-state index >= 15 is 0 Å². The SMILES string of the molecule is CC1=[C]([Ru][C]2=C(C)CCCC=C2)C=CCCC1. The van der Waals surface area contributed by atoms with Gasteiger partial charge < -0.3 is 0 Å². The predicted molar refractivity (Wildman–Crippen MR) is 71.4 cm³/mol. The van der Waals surface area contributed by atoms with E-state index in [4.69, 9.17) is 0 Å². The van der Waals surface area contributed by atoms with Crippen LogP contribution in [0.1, 0.15) is 52.4 Å². The number of hydrogen-bond donors (Lipinski definition) is 0. The van der Waals surface area contributed by atoms with Crippen LogP contribution in [0.2, 0.25) is 0 Å². The molecule has 0 aromatic rings. The predicted octanol–water partition coefficient (Wildman–Crippen LogP) is 5.10. The third kappa shape index (κ3) is 3.78. The molecule has 0 bridgehead atoms. The molecule has 2 aliphatic rings. The van der Waals surface area contributed by atoms with Crippen molar-refractivity contribution in [2.45, 2.75) is 52.4 Å². The van der Waals surface area contributed by atoms with E-state index < -0.39 is 0 Å². The molecular formula is C16H22Ru. The Balaban J connectivity index is 2.18. The van der Waals surface area contributed by atoms with Crippen LogP contribution >= 0.6 is 0 Å². The zero-order valence-electron chi connectivity index (χ0n) is 10.9. The van der Waals surface area contributed by atoms with Crippen LogP contribution in [0.3, 0.4) is 0 Å². The fourth-order valence-electron chi connectivity index (χ4n) is 2.17. The Kier molecular flexibility index (Phi) is 4.98. The summed E-state index contributed by atoms with van der Waals surface area (Å²) in [5.41, 5.74) is 3.27. The second-order valence-electron chi connectivity index (χ2n) is 4.91. The molecule has 94 valence electrons. The Morgan fingerprint density at radius 1 is 0.824 bits per heavy atom. The Bertz CT molecular complexity index is 356. The van der Waals surface area contributed by atoms with Crippen LogP contribution < -0.4 is 0 Å². The molecule has 1 heteroatoms. The Labute approximate surface area is 113 Å². The molecule has 0 N–H and O–H groups in total. The third-order valence-corrected chi connectivity index (χ3v) is 6.35. The molecule has 0 nitrogen and oxygen atoms in total. The maximum absolute atomic E-state index is 2.40. The van der Waals surface area contributed by atoms with Gasteiger partial charge in [0.1, 0.15) is 0 Å². The summed E-state index contributed by atoms with van der Waals surface area (Å²) in [5, 5.41) is 0. The second-order valence-corrected chi connectivity index (χ2v) is 7.21. The summed E-state index contributed by atoms with van der Waals surface area (Å²) in [6, 6.07) is 0. The fraction of sp³-hybridized carbons (Fsp3) is 0.500. The quantitative estimate of drug-likeness (QED) is 0.622. The van der Waals surface area contributed by atoms with Crippen molar-refractivity contribution >= 4 is 0 Å². The van der Waals surface area contributed by atoms with E-state index in [1.165, 1.54) is 38.5 Å². The summed E-state index contributed by atoms with van der Waals surface area (Å²) in [6.45, 7) is 4.66. The fourth-order valence-corrected chi connectivity index (χ4v) is 4.55. The molecule has 0 unspecified atom stereocenters. The molecule has 0 saturated heterocycles. The van der Waals surface area contributed by atoms with Crippen molar-refractivity contribution in [2.24, 2.45) is 0 Å². The molecule has 0 aromatic carbocycles. The molecule has 0 atom stereocenters. The Morgan fingerprint density at radius 2 is 1.29 bits per heavy atom. The van der Waals surface area contributed by atoms with Crippen molar-refractivity contribution < 1.29 is 17.1 Å². The first-order valence-electron chi connectivity index (χ1n) is 6.62. The first kappa shape index (κ1) is 13.0. The van der Waals surface area contributed by atoms with E-state index in [-0.39, 0.29) is 17.1 Å². The van der Waals surface area contributed by atoms with Crippen molar-refractivity contribution in [3.05, 3.63) is 43.8 Å². The zero-order chi connectivity index (χ0) is 12.1. The molecule has 0 radical (unpaired) electrons. The van der Waals surface area contributed by atoms with Gasteiger partial charge in [-0.2, -0.15) is 0 Å². The topological polar surface area (TPSA) is 0 Å². The first-order valence-corrected chi connectivity index (χ1v) is 8.36. The van der Waals surface area contributed by atoms with E-state index in [0.717, 1.165) is 0 Å². The van der Waals surface area contributed by atoms with E-state index in [0.29, 0.717) is 0 Å². The van der Waals surface area contributed by atoms with Gasteiger partial charge in [0.2, 0.25) is 0 Å². The number of hydrogen-bond acceptors (Lipinski definition) is 0. The molecule has 0 heterocycles. The van der Waals surface area contributed by atoms with Gasteiger partial charge in [0.05, 0.1) is 0 Å². The van der Waals surface area contributed by atoms with Gasteiger partial charge in [-0.3, -0.25) is 0 Å². The zero-order valence-corrected chi connectivity index (χ0v) is 12.6. The molecule has 0 amide bonds. The molecule has 0 aliphatic heterocycles. The second kappa shape index (κ2) is 6.50. The summed E-state index contributed by atoms with van der Waals surface area (Å²) in [5.74, 6) is 0. The van der Waals surface area contributed by atoms with Crippen LogP contribution in [0.25, 0.3) is 0 Å². The van der Waals surface area contributed by atoms with Gasteiger partial charge in [0, 0.05) is 0 Å². The standard InChI is InChI=1S/2C8H11.Ru/c2*1-8-6-4-2-3-5-7-8;/h2*2,4H,3,5,7H2,1H3;. The van der Waals surface area contributed by atoms with Gasteiger partial charge in [-0.1, -0.05) is 0 Å². The van der Waals surface area contributed by atoms with Crippen molar-refractivity contribution in [3.63, 3.8) is 0 Å². The maximum atomic E-state index is 2.40. The summed E-state index contributed by atoms with van der Waals surface area (Å²) in [4.78, 5) is 0. The minimum absolute atomic E-state index is 0.251. The van der Waals surface area contributed by atoms with Crippen LogP contribution in [0, 0.1) is 0 Å². The van der Waals surface area contributed by atoms with E-state index in [2.05, 4.69) is 38.2 Å². The summed E-state index contributed by atoms with van der Waals surface area (Å²) in [6.07, 6.45) is 17.3. The van der Waals surface area contributed by atoms with Crippen molar-refractivity contribution in [3.8, 4) is 0 Å². The van der Waals surface area contributed by atoms with Gasteiger partial charge in [0.15, 0.2) is 0 Å². The van der Waals surface area contributed by atoms with Crippen molar-refractivity contribution in [2.75, 3.05) is 0 Å². The van der Waals surface area contributed by atoms with Crippen LogP contribution in [-0.2, 0) is 17.1 Å². The van der Waals surface area contributed by atoms with E-state index in [1.54, 1.807) is 19.5 Å². The molecule has 2 rings (SSSR count). The van der Waals surface area contributed by atoms with Gasteiger partial charge in [-0.05, 0) is 0 Å². The van der Waals surface area contributed by atoms with E-state index in [9.17, 15) is 0 Å². The number of rotatable bonds is 2. The van der Waals surface area contributed by atoms with E-state index in [1.807, 2.05) is 0 Å². The van der Waals surface area contributed by atoms with Crippen LogP contribution in [0.15, 0.2) is 43.8 Å². The van der Waals surface area contributed by atoms with Crippen LogP contribution in [0.5, 0.6) is 0 Å². The molecule has 0 spiro atoms. The molecule has 17 heavy (non-hydrogen) atoms. The minimum atomic E-state index is 0.251. The first-order chi connectivity index (χ1) is 8.27. The van der Waals surface area contributed by atoms with Gasteiger partial charge >= 0.3 is 113 Å². The molecule has 0 fully saturated rings.